The van der Waals surface area contributed by atoms with Gasteiger partial charge in [-0.2, -0.15) is 0 Å². The monoisotopic (exact) mass is 287 g/mol. The lowest BCUT2D eigenvalue weighted by Gasteiger charge is -2.06. The molecular formula is C16H14ClNO2. The summed E-state index contributed by atoms with van der Waals surface area (Å²) < 4.78 is 5.44. The van der Waals surface area contributed by atoms with Gasteiger partial charge >= 0.3 is 0 Å². The number of nitrogens with zero attached hydrogens (tertiary/aromatic N) is 1. The molecule has 0 fully saturated rings. The van der Waals surface area contributed by atoms with E-state index < -0.39 is 0 Å². The topological polar surface area (TPSA) is 38.7 Å². The first-order chi connectivity index (χ1) is 9.65. The predicted molar refractivity (Wildman–Crippen MR) is 81.3 cm³/mol. The number of Topliss-reactive ketones (excluding diaryl/α,β-unsaturated/α-hetero) is 1. The van der Waals surface area contributed by atoms with Crippen molar-refractivity contribution in [2.45, 2.75) is 6.92 Å². The van der Waals surface area contributed by atoms with Gasteiger partial charge in [0, 0.05) is 16.8 Å². The molecule has 3 nitrogen and oxygen atoms in total. The van der Waals surface area contributed by atoms with Gasteiger partial charge in [-0.1, -0.05) is 23.7 Å². The minimum Gasteiger partial charge on any atom is -0.485 e. The summed E-state index contributed by atoms with van der Waals surface area (Å²) in [5, 5.41) is 0.675. The molecular weight excluding hydrogens is 274 g/mol. The third kappa shape index (κ3) is 4.21. The molecule has 0 aliphatic carbocycles. The third-order valence-electron chi connectivity index (χ3n) is 2.53. The number of hydrogen-bond donors (Lipinski definition) is 0. The van der Waals surface area contributed by atoms with Crippen LogP contribution < -0.4 is 4.74 Å². The molecule has 0 saturated heterocycles. The van der Waals surface area contributed by atoms with Gasteiger partial charge in [-0.3, -0.25) is 9.79 Å². The lowest BCUT2D eigenvalue weighted by molar-refractivity contribution is -0.118. The van der Waals surface area contributed by atoms with Crippen LogP contribution in [0.1, 0.15) is 12.5 Å². The Labute approximate surface area is 122 Å². The van der Waals surface area contributed by atoms with Crippen LogP contribution in [0.15, 0.2) is 53.5 Å². The molecule has 0 bridgehead atoms. The molecule has 0 heterocycles. The number of carbonyl (C=O) groups is 1. The molecule has 0 atom stereocenters. The Hall–Kier alpha value is -2.13. The van der Waals surface area contributed by atoms with Crippen molar-refractivity contribution in [3.8, 4) is 5.75 Å². The molecule has 4 heteroatoms. The van der Waals surface area contributed by atoms with E-state index in [0.717, 1.165) is 11.3 Å². The van der Waals surface area contributed by atoms with Crippen molar-refractivity contribution in [3.63, 3.8) is 0 Å². The lowest BCUT2D eigenvalue weighted by atomic mass is 10.2. The summed E-state index contributed by atoms with van der Waals surface area (Å²) in [6.45, 7) is 1.55. The maximum atomic E-state index is 11.0. The summed E-state index contributed by atoms with van der Waals surface area (Å²) in [4.78, 5) is 15.3. The Balaban J connectivity index is 2.16. The summed E-state index contributed by atoms with van der Waals surface area (Å²) in [5.74, 6) is 0.620. The molecule has 0 aliphatic rings. The van der Waals surface area contributed by atoms with Crippen molar-refractivity contribution in [1.29, 1.82) is 0 Å². The Morgan fingerprint density at radius 2 is 1.90 bits per heavy atom. The highest BCUT2D eigenvalue weighted by atomic mass is 35.5. The van der Waals surface area contributed by atoms with E-state index >= 15 is 0 Å². The third-order valence-corrected chi connectivity index (χ3v) is 2.78. The highest BCUT2D eigenvalue weighted by Gasteiger charge is 2.02. The van der Waals surface area contributed by atoms with E-state index in [2.05, 4.69) is 4.99 Å². The quantitative estimate of drug-likeness (QED) is 0.778. The summed E-state index contributed by atoms with van der Waals surface area (Å²) >= 11 is 5.82. The number of ketones is 1. The Morgan fingerprint density at radius 3 is 2.60 bits per heavy atom. The van der Waals surface area contributed by atoms with Gasteiger partial charge in [0.2, 0.25) is 0 Å². The van der Waals surface area contributed by atoms with Crippen LogP contribution in [0.4, 0.5) is 5.69 Å². The van der Waals surface area contributed by atoms with Gasteiger partial charge in [0.05, 0.1) is 5.69 Å². The molecule has 20 heavy (non-hydrogen) atoms. The molecule has 102 valence electrons. The van der Waals surface area contributed by atoms with Crippen LogP contribution in [-0.2, 0) is 4.79 Å². The first-order valence-electron chi connectivity index (χ1n) is 6.16. The van der Waals surface area contributed by atoms with Gasteiger partial charge in [0.1, 0.15) is 12.4 Å². The molecule has 0 radical (unpaired) electrons. The maximum absolute atomic E-state index is 11.0. The van der Waals surface area contributed by atoms with E-state index in [4.69, 9.17) is 16.3 Å². The smallest absolute Gasteiger partial charge is 0.167 e. The number of carbonyl (C=O) groups excluding carboxylic acids is 1. The molecule has 2 aromatic rings. The second-order valence-electron chi connectivity index (χ2n) is 4.26. The SMILES string of the molecule is CC(=O)COc1ccccc1/C=N/c1ccc(Cl)cc1. The molecule has 2 rings (SSSR count). The van der Waals surface area contributed by atoms with Crippen LogP contribution in [0.2, 0.25) is 5.02 Å². The zero-order valence-corrected chi connectivity index (χ0v) is 11.8. The summed E-state index contributed by atoms with van der Waals surface area (Å²) in [7, 11) is 0. The largest absolute Gasteiger partial charge is 0.485 e. The fraction of sp³-hybridized carbons (Fsp3) is 0.125. The minimum absolute atomic E-state index is 0.0190. The average Bonchev–Trinajstić information content (AvgIpc) is 2.45. The van der Waals surface area contributed by atoms with Crippen molar-refractivity contribution >= 4 is 29.3 Å². The van der Waals surface area contributed by atoms with Crippen LogP contribution in [0.3, 0.4) is 0 Å². The summed E-state index contributed by atoms with van der Waals surface area (Å²) in [5.41, 5.74) is 1.62. The van der Waals surface area contributed by atoms with Crippen LogP contribution in [0.25, 0.3) is 0 Å². The Kier molecular flexibility index (Phi) is 4.91. The first kappa shape index (κ1) is 14.3. The Bertz CT molecular complexity index is 621. The summed E-state index contributed by atoms with van der Waals surface area (Å²) in [6, 6.07) is 14.7. The summed E-state index contributed by atoms with van der Waals surface area (Å²) in [6.07, 6.45) is 1.71. The van der Waals surface area contributed by atoms with Crippen LogP contribution in [0.5, 0.6) is 5.75 Å². The van der Waals surface area contributed by atoms with Gasteiger partial charge in [0.15, 0.2) is 5.78 Å². The maximum Gasteiger partial charge on any atom is 0.167 e. The molecule has 0 saturated carbocycles. The van der Waals surface area contributed by atoms with E-state index in [0.29, 0.717) is 10.8 Å². The molecule has 2 aromatic carbocycles. The van der Waals surface area contributed by atoms with Crippen molar-refractivity contribution in [2.24, 2.45) is 4.99 Å². The molecule has 0 amide bonds. The Morgan fingerprint density at radius 1 is 1.20 bits per heavy atom. The standard InChI is InChI=1S/C16H14ClNO2/c1-12(19)11-20-16-5-3-2-4-13(16)10-18-15-8-6-14(17)7-9-15/h2-10H,11H2,1H3/b18-10+. The van der Waals surface area contributed by atoms with E-state index in [-0.39, 0.29) is 12.4 Å². The van der Waals surface area contributed by atoms with Crippen molar-refractivity contribution in [1.82, 2.24) is 0 Å². The van der Waals surface area contributed by atoms with E-state index in [9.17, 15) is 4.79 Å². The second-order valence-corrected chi connectivity index (χ2v) is 4.70. The number of halogens is 1. The van der Waals surface area contributed by atoms with Gasteiger partial charge in [0.25, 0.3) is 0 Å². The second kappa shape index (κ2) is 6.87. The highest BCUT2D eigenvalue weighted by molar-refractivity contribution is 6.30. The van der Waals surface area contributed by atoms with E-state index in [1.165, 1.54) is 6.92 Å². The number of aliphatic imine (C=N–C) groups is 1. The van der Waals surface area contributed by atoms with Gasteiger partial charge in [-0.25, -0.2) is 0 Å². The number of para-hydroxylation sites is 1. The van der Waals surface area contributed by atoms with Crippen molar-refractivity contribution in [2.75, 3.05) is 6.61 Å². The molecule has 0 spiro atoms. The fourth-order valence-electron chi connectivity index (χ4n) is 1.57. The van der Waals surface area contributed by atoms with Gasteiger partial charge < -0.3 is 4.74 Å². The number of hydrogen-bond acceptors (Lipinski definition) is 3. The van der Waals surface area contributed by atoms with Gasteiger partial charge in [-0.15, -0.1) is 0 Å². The van der Waals surface area contributed by atoms with Crippen molar-refractivity contribution in [3.05, 3.63) is 59.1 Å². The number of benzene rings is 2. The number of ether oxygens (including phenoxy) is 1. The van der Waals surface area contributed by atoms with Gasteiger partial charge in [-0.05, 0) is 43.3 Å². The van der Waals surface area contributed by atoms with Crippen molar-refractivity contribution < 1.29 is 9.53 Å². The predicted octanol–water partition coefficient (Wildman–Crippen LogP) is 4.06. The van der Waals surface area contributed by atoms with Crippen LogP contribution in [-0.4, -0.2) is 18.6 Å². The zero-order valence-electron chi connectivity index (χ0n) is 11.0. The molecule has 0 N–H and O–H groups in total. The first-order valence-corrected chi connectivity index (χ1v) is 6.54. The van der Waals surface area contributed by atoms with Crippen LogP contribution in [0, 0.1) is 0 Å². The zero-order chi connectivity index (χ0) is 14.4. The van der Waals surface area contributed by atoms with E-state index in [1.807, 2.05) is 36.4 Å². The normalized spacial score (nSPS) is 10.7. The average molecular weight is 288 g/mol. The lowest BCUT2D eigenvalue weighted by Crippen LogP contribution is -2.07. The molecule has 0 aliphatic heterocycles. The highest BCUT2D eigenvalue weighted by Crippen LogP contribution is 2.19. The fourth-order valence-corrected chi connectivity index (χ4v) is 1.70. The molecule has 0 unspecified atom stereocenters. The number of rotatable bonds is 5. The minimum atomic E-state index is -0.0190. The van der Waals surface area contributed by atoms with Crippen LogP contribution >= 0.6 is 11.6 Å². The molecule has 0 aromatic heterocycles. The van der Waals surface area contributed by atoms with E-state index in [1.54, 1.807) is 18.3 Å².